The minimum atomic E-state index is -0.579. The smallest absolute Gasteiger partial charge is 0.343 e. The van der Waals surface area contributed by atoms with Crippen molar-refractivity contribution < 1.29 is 9.15 Å². The SMILES string of the molecule is CC(C)=CCC/C(C)=C/C=C/[C@@]1(C)Oc2c(c(=O)oc3cccc(C)c23)[C@H]1C. The van der Waals surface area contributed by atoms with Crippen molar-refractivity contribution in [3.63, 3.8) is 0 Å². The number of allylic oxidation sites excluding steroid dienone is 5. The van der Waals surface area contributed by atoms with E-state index < -0.39 is 5.60 Å². The molecular formula is C25H30O3. The third-order valence-electron chi connectivity index (χ3n) is 5.64. The fourth-order valence-electron chi connectivity index (χ4n) is 3.73. The number of aryl methyl sites for hydroxylation is 1. The second-order valence-electron chi connectivity index (χ2n) is 8.28. The molecule has 2 atom stereocenters. The summed E-state index contributed by atoms with van der Waals surface area (Å²) in [5, 5.41) is 0.898. The second-order valence-corrected chi connectivity index (χ2v) is 8.28. The molecule has 3 nitrogen and oxygen atoms in total. The van der Waals surface area contributed by atoms with Gasteiger partial charge in [0, 0.05) is 5.92 Å². The summed E-state index contributed by atoms with van der Waals surface area (Å²) < 4.78 is 12.0. The van der Waals surface area contributed by atoms with Crippen molar-refractivity contribution in [3.8, 4) is 5.75 Å². The van der Waals surface area contributed by atoms with Crippen molar-refractivity contribution in [2.24, 2.45) is 0 Å². The van der Waals surface area contributed by atoms with Crippen LogP contribution in [0, 0.1) is 6.92 Å². The van der Waals surface area contributed by atoms with Gasteiger partial charge in [-0.3, -0.25) is 0 Å². The third-order valence-corrected chi connectivity index (χ3v) is 5.64. The molecule has 1 aliphatic heterocycles. The first-order valence-electron chi connectivity index (χ1n) is 9.96. The normalized spacial score (nSPS) is 21.8. The van der Waals surface area contributed by atoms with Gasteiger partial charge in [-0.15, -0.1) is 0 Å². The summed E-state index contributed by atoms with van der Waals surface area (Å²) in [6, 6.07) is 5.73. The highest BCUT2D eigenvalue weighted by atomic mass is 16.5. The maximum atomic E-state index is 12.6. The Morgan fingerprint density at radius 1 is 1.25 bits per heavy atom. The molecule has 0 saturated carbocycles. The van der Waals surface area contributed by atoms with E-state index in [1.54, 1.807) is 0 Å². The summed E-state index contributed by atoms with van der Waals surface area (Å²) >= 11 is 0. The van der Waals surface area contributed by atoms with Crippen LogP contribution in [0.15, 0.2) is 62.9 Å². The molecule has 0 saturated heterocycles. The van der Waals surface area contributed by atoms with Gasteiger partial charge < -0.3 is 9.15 Å². The molecule has 3 heteroatoms. The molecule has 0 N–H and O–H groups in total. The fourth-order valence-corrected chi connectivity index (χ4v) is 3.73. The molecule has 1 aromatic carbocycles. The molecule has 148 valence electrons. The molecule has 0 radical (unpaired) electrons. The van der Waals surface area contributed by atoms with Crippen molar-refractivity contribution in [1.29, 1.82) is 0 Å². The Hall–Kier alpha value is -2.55. The van der Waals surface area contributed by atoms with Gasteiger partial charge in [-0.25, -0.2) is 4.79 Å². The number of fused-ring (bicyclic) bond motifs is 3. The van der Waals surface area contributed by atoms with Crippen LogP contribution in [0.3, 0.4) is 0 Å². The van der Waals surface area contributed by atoms with Gasteiger partial charge in [0.05, 0.1) is 10.9 Å². The number of hydrogen-bond acceptors (Lipinski definition) is 3. The standard InChI is InChI=1S/C25H30O3/c1-16(2)10-7-11-17(3)12-9-15-25(6)19(5)22-23(28-25)21-18(4)13-8-14-20(21)27-24(22)26/h8-10,12-15,19H,7,11H2,1-6H3/b15-9+,17-12+/t19-,25-/m1/s1. The maximum Gasteiger partial charge on any atom is 0.343 e. The van der Waals surface area contributed by atoms with Crippen molar-refractivity contribution in [2.75, 3.05) is 0 Å². The number of ether oxygens (including phenoxy) is 1. The van der Waals surface area contributed by atoms with Gasteiger partial charge in [-0.05, 0) is 65.2 Å². The van der Waals surface area contributed by atoms with E-state index >= 15 is 0 Å². The molecule has 0 bridgehead atoms. The van der Waals surface area contributed by atoms with E-state index in [-0.39, 0.29) is 11.5 Å². The number of benzene rings is 1. The highest BCUT2D eigenvalue weighted by Gasteiger charge is 2.43. The van der Waals surface area contributed by atoms with Gasteiger partial charge in [0.25, 0.3) is 0 Å². The van der Waals surface area contributed by atoms with Crippen molar-refractivity contribution in [3.05, 3.63) is 75.2 Å². The van der Waals surface area contributed by atoms with E-state index in [0.717, 1.165) is 23.8 Å². The Bertz CT molecular complexity index is 1030. The Labute approximate surface area is 167 Å². The minimum absolute atomic E-state index is 0.0848. The average molecular weight is 379 g/mol. The van der Waals surface area contributed by atoms with Crippen LogP contribution in [0.2, 0.25) is 0 Å². The molecule has 0 spiro atoms. The Morgan fingerprint density at radius 3 is 2.71 bits per heavy atom. The quantitative estimate of drug-likeness (QED) is 0.334. The van der Waals surface area contributed by atoms with Crippen molar-refractivity contribution in [1.82, 2.24) is 0 Å². The maximum absolute atomic E-state index is 12.6. The molecule has 3 rings (SSSR count). The predicted octanol–water partition coefficient (Wildman–Crippen LogP) is 6.60. The lowest BCUT2D eigenvalue weighted by molar-refractivity contribution is 0.149. The van der Waals surface area contributed by atoms with E-state index in [0.29, 0.717) is 16.9 Å². The summed E-state index contributed by atoms with van der Waals surface area (Å²) in [7, 11) is 0. The second kappa shape index (κ2) is 7.83. The molecule has 0 unspecified atom stereocenters. The van der Waals surface area contributed by atoms with Crippen LogP contribution in [0.5, 0.6) is 5.75 Å². The van der Waals surface area contributed by atoms with Crippen LogP contribution in [-0.4, -0.2) is 5.60 Å². The van der Waals surface area contributed by atoms with Crippen LogP contribution in [0.25, 0.3) is 11.0 Å². The lowest BCUT2D eigenvalue weighted by Crippen LogP contribution is -2.31. The van der Waals surface area contributed by atoms with E-state index in [9.17, 15) is 4.79 Å². The first-order chi connectivity index (χ1) is 13.2. The van der Waals surface area contributed by atoms with E-state index in [1.165, 1.54) is 11.1 Å². The van der Waals surface area contributed by atoms with E-state index in [2.05, 4.69) is 45.1 Å². The lowest BCUT2D eigenvalue weighted by atomic mass is 9.87. The minimum Gasteiger partial charge on any atom is -0.481 e. The zero-order chi connectivity index (χ0) is 20.5. The molecular weight excluding hydrogens is 348 g/mol. The zero-order valence-corrected chi connectivity index (χ0v) is 17.8. The Morgan fingerprint density at radius 2 is 2.00 bits per heavy atom. The third kappa shape index (κ3) is 3.84. The van der Waals surface area contributed by atoms with Gasteiger partial charge in [0.2, 0.25) is 0 Å². The average Bonchev–Trinajstić information content (AvgIpc) is 2.86. The van der Waals surface area contributed by atoms with Gasteiger partial charge in [0.15, 0.2) is 0 Å². The van der Waals surface area contributed by atoms with Gasteiger partial charge >= 0.3 is 5.63 Å². The number of hydrogen-bond donors (Lipinski definition) is 0. The fraction of sp³-hybridized carbons (Fsp3) is 0.400. The molecule has 2 heterocycles. The topological polar surface area (TPSA) is 39.4 Å². The van der Waals surface area contributed by atoms with Crippen molar-refractivity contribution in [2.45, 2.75) is 65.9 Å². The molecule has 1 aliphatic rings. The summed E-state index contributed by atoms with van der Waals surface area (Å²) in [6.45, 7) is 12.5. The molecule has 0 amide bonds. The largest absolute Gasteiger partial charge is 0.481 e. The van der Waals surface area contributed by atoms with Crippen LogP contribution in [-0.2, 0) is 0 Å². The highest BCUT2D eigenvalue weighted by Crippen LogP contribution is 2.47. The lowest BCUT2D eigenvalue weighted by Gasteiger charge is -2.24. The molecule has 2 aromatic rings. The molecule has 1 aromatic heterocycles. The van der Waals surface area contributed by atoms with E-state index in [1.807, 2.05) is 39.0 Å². The zero-order valence-electron chi connectivity index (χ0n) is 17.8. The predicted molar refractivity (Wildman–Crippen MR) is 116 cm³/mol. The molecule has 0 aliphatic carbocycles. The van der Waals surface area contributed by atoms with Crippen LogP contribution >= 0.6 is 0 Å². The monoisotopic (exact) mass is 378 g/mol. The first-order valence-corrected chi connectivity index (χ1v) is 9.96. The summed E-state index contributed by atoms with van der Waals surface area (Å²) in [5.74, 6) is 0.589. The Balaban J connectivity index is 1.89. The van der Waals surface area contributed by atoms with Crippen molar-refractivity contribution >= 4 is 11.0 Å². The Kier molecular flexibility index (Phi) is 5.64. The number of rotatable bonds is 5. The van der Waals surface area contributed by atoms with Gasteiger partial charge in [0.1, 0.15) is 16.9 Å². The van der Waals surface area contributed by atoms with Crippen LogP contribution in [0.1, 0.15) is 64.5 Å². The van der Waals surface area contributed by atoms with Crippen LogP contribution < -0.4 is 10.4 Å². The summed E-state index contributed by atoms with van der Waals surface area (Å²) in [6.07, 6.45) is 10.6. The molecule has 0 fully saturated rings. The summed E-state index contributed by atoms with van der Waals surface area (Å²) in [5.41, 5.74) is 4.06. The van der Waals surface area contributed by atoms with Gasteiger partial charge in [-0.2, -0.15) is 0 Å². The highest BCUT2D eigenvalue weighted by molar-refractivity contribution is 5.88. The van der Waals surface area contributed by atoms with Gasteiger partial charge in [-0.1, -0.05) is 48.4 Å². The first kappa shape index (κ1) is 20.2. The van der Waals surface area contributed by atoms with E-state index in [4.69, 9.17) is 9.15 Å². The van der Waals surface area contributed by atoms with Crippen LogP contribution in [0.4, 0.5) is 0 Å². The summed E-state index contributed by atoms with van der Waals surface area (Å²) in [4.78, 5) is 12.6. The molecule has 28 heavy (non-hydrogen) atoms.